The van der Waals surface area contributed by atoms with Gasteiger partial charge in [-0.25, -0.2) is 9.78 Å². The second-order valence-electron chi connectivity index (χ2n) is 5.40. The molecule has 0 saturated carbocycles. The number of nitriles is 1. The first-order chi connectivity index (χ1) is 12.2. The number of esters is 1. The Hall–Kier alpha value is -3.46. The molecule has 3 aromatic rings. The average Bonchev–Trinajstić information content (AvgIpc) is 2.65. The lowest BCUT2D eigenvalue weighted by Crippen LogP contribution is -2.16. The second kappa shape index (κ2) is 7.41. The molecule has 0 aliphatic carbocycles. The Balaban J connectivity index is 1.66. The van der Waals surface area contributed by atoms with E-state index in [4.69, 9.17) is 10.00 Å². The van der Waals surface area contributed by atoms with Crippen molar-refractivity contribution in [3.63, 3.8) is 0 Å². The van der Waals surface area contributed by atoms with Crippen LogP contribution in [0.2, 0.25) is 0 Å². The summed E-state index contributed by atoms with van der Waals surface area (Å²) in [5.41, 5.74) is 2.58. The standard InChI is InChI=1S/C19H16N4O2/c1-13-6-7-16-15(5-3-8-21-16)17(13)19(24)25-11-10-23-18-14(12-20)4-2-9-22-18/h2-9H,10-11H2,1H3,(H,22,23). The van der Waals surface area contributed by atoms with Gasteiger partial charge in [0.2, 0.25) is 0 Å². The Bertz CT molecular complexity index is 963. The third-order valence-corrected chi connectivity index (χ3v) is 3.75. The summed E-state index contributed by atoms with van der Waals surface area (Å²) in [5.74, 6) is 0.0889. The van der Waals surface area contributed by atoms with Crippen LogP contribution >= 0.6 is 0 Å². The number of rotatable bonds is 5. The van der Waals surface area contributed by atoms with E-state index in [9.17, 15) is 4.79 Å². The number of aryl methyl sites for hydroxylation is 1. The molecule has 6 nitrogen and oxygen atoms in total. The highest BCUT2D eigenvalue weighted by Gasteiger charge is 2.15. The number of hydrogen-bond acceptors (Lipinski definition) is 6. The van der Waals surface area contributed by atoms with E-state index in [1.165, 1.54) is 0 Å². The normalized spacial score (nSPS) is 10.2. The summed E-state index contributed by atoms with van der Waals surface area (Å²) in [4.78, 5) is 20.8. The van der Waals surface area contributed by atoms with E-state index in [1.54, 1.807) is 30.6 Å². The van der Waals surface area contributed by atoms with E-state index in [-0.39, 0.29) is 12.6 Å². The van der Waals surface area contributed by atoms with Crippen molar-refractivity contribution in [3.05, 3.63) is 65.5 Å². The van der Waals surface area contributed by atoms with Gasteiger partial charge in [0.05, 0.1) is 23.2 Å². The lowest BCUT2D eigenvalue weighted by atomic mass is 10.0. The number of benzene rings is 1. The zero-order valence-corrected chi connectivity index (χ0v) is 13.7. The van der Waals surface area contributed by atoms with Gasteiger partial charge in [-0.3, -0.25) is 4.98 Å². The molecule has 0 amide bonds. The number of nitrogens with one attached hydrogen (secondary N) is 1. The molecule has 6 heteroatoms. The number of fused-ring (bicyclic) bond motifs is 1. The summed E-state index contributed by atoms with van der Waals surface area (Å²) in [6, 6.07) is 12.8. The van der Waals surface area contributed by atoms with Crippen LogP contribution < -0.4 is 5.32 Å². The van der Waals surface area contributed by atoms with Crippen molar-refractivity contribution in [1.29, 1.82) is 5.26 Å². The molecule has 3 rings (SSSR count). The van der Waals surface area contributed by atoms with Gasteiger partial charge in [-0.1, -0.05) is 12.1 Å². The van der Waals surface area contributed by atoms with Crippen molar-refractivity contribution >= 4 is 22.7 Å². The summed E-state index contributed by atoms with van der Waals surface area (Å²) in [6.07, 6.45) is 3.29. The number of hydrogen-bond donors (Lipinski definition) is 1. The van der Waals surface area contributed by atoms with E-state index in [0.29, 0.717) is 23.5 Å². The molecule has 2 aromatic heterocycles. The van der Waals surface area contributed by atoms with E-state index in [0.717, 1.165) is 16.5 Å². The molecule has 0 spiro atoms. The van der Waals surface area contributed by atoms with Crippen LogP contribution in [0.4, 0.5) is 5.82 Å². The van der Waals surface area contributed by atoms with Crippen molar-refractivity contribution in [2.45, 2.75) is 6.92 Å². The second-order valence-corrected chi connectivity index (χ2v) is 5.40. The van der Waals surface area contributed by atoms with Gasteiger partial charge in [-0.15, -0.1) is 0 Å². The van der Waals surface area contributed by atoms with Gasteiger partial charge in [0, 0.05) is 17.8 Å². The summed E-state index contributed by atoms with van der Waals surface area (Å²) >= 11 is 0. The number of aromatic nitrogens is 2. The lowest BCUT2D eigenvalue weighted by Gasteiger charge is -2.11. The Morgan fingerprint density at radius 2 is 2.00 bits per heavy atom. The van der Waals surface area contributed by atoms with Crippen LogP contribution in [0, 0.1) is 18.3 Å². The van der Waals surface area contributed by atoms with Gasteiger partial charge in [-0.2, -0.15) is 5.26 Å². The monoisotopic (exact) mass is 332 g/mol. The fourth-order valence-electron chi connectivity index (χ4n) is 2.55. The molecule has 0 bridgehead atoms. The first-order valence-electron chi connectivity index (χ1n) is 7.81. The van der Waals surface area contributed by atoms with E-state index in [2.05, 4.69) is 21.4 Å². The van der Waals surface area contributed by atoms with Crippen LogP contribution in [-0.4, -0.2) is 29.1 Å². The van der Waals surface area contributed by atoms with Crippen molar-refractivity contribution in [2.24, 2.45) is 0 Å². The zero-order valence-electron chi connectivity index (χ0n) is 13.7. The Morgan fingerprint density at radius 3 is 2.84 bits per heavy atom. The molecule has 2 heterocycles. The molecule has 0 fully saturated rings. The topological polar surface area (TPSA) is 87.9 Å². The van der Waals surface area contributed by atoms with Crippen LogP contribution in [0.5, 0.6) is 0 Å². The van der Waals surface area contributed by atoms with Crippen molar-refractivity contribution in [1.82, 2.24) is 9.97 Å². The Kier molecular flexibility index (Phi) is 4.86. The Morgan fingerprint density at radius 1 is 1.20 bits per heavy atom. The molecule has 0 aliphatic heterocycles. The average molecular weight is 332 g/mol. The number of ether oxygens (including phenoxy) is 1. The molecule has 25 heavy (non-hydrogen) atoms. The first-order valence-corrected chi connectivity index (χ1v) is 7.81. The number of anilines is 1. The van der Waals surface area contributed by atoms with E-state index >= 15 is 0 Å². The third-order valence-electron chi connectivity index (χ3n) is 3.75. The third kappa shape index (κ3) is 3.56. The van der Waals surface area contributed by atoms with Crippen molar-refractivity contribution in [3.8, 4) is 6.07 Å². The van der Waals surface area contributed by atoms with E-state index < -0.39 is 0 Å². The maximum absolute atomic E-state index is 12.5. The zero-order chi connectivity index (χ0) is 17.6. The minimum atomic E-state index is -0.389. The molecule has 1 N–H and O–H groups in total. The molecule has 1 aromatic carbocycles. The van der Waals surface area contributed by atoms with Gasteiger partial charge in [0.1, 0.15) is 18.5 Å². The molecular weight excluding hydrogens is 316 g/mol. The summed E-state index contributed by atoms with van der Waals surface area (Å²) in [5, 5.41) is 12.8. The fraction of sp³-hybridized carbons (Fsp3) is 0.158. The van der Waals surface area contributed by atoms with Gasteiger partial charge in [0.15, 0.2) is 0 Å². The predicted molar refractivity (Wildman–Crippen MR) is 94.2 cm³/mol. The van der Waals surface area contributed by atoms with Gasteiger partial charge < -0.3 is 10.1 Å². The minimum Gasteiger partial charge on any atom is -0.460 e. The van der Waals surface area contributed by atoms with Gasteiger partial charge >= 0.3 is 5.97 Å². The SMILES string of the molecule is Cc1ccc2ncccc2c1C(=O)OCCNc1ncccc1C#N. The smallest absolute Gasteiger partial charge is 0.339 e. The number of pyridine rings is 2. The largest absolute Gasteiger partial charge is 0.460 e. The minimum absolute atomic E-state index is 0.163. The highest BCUT2D eigenvalue weighted by Crippen LogP contribution is 2.21. The van der Waals surface area contributed by atoms with Crippen LogP contribution in [0.15, 0.2) is 48.8 Å². The fourth-order valence-corrected chi connectivity index (χ4v) is 2.55. The maximum atomic E-state index is 12.5. The quantitative estimate of drug-likeness (QED) is 0.570. The summed E-state index contributed by atoms with van der Waals surface area (Å²) in [6.45, 7) is 2.39. The molecular formula is C19H16N4O2. The van der Waals surface area contributed by atoms with Crippen molar-refractivity contribution < 1.29 is 9.53 Å². The molecule has 0 aliphatic rings. The van der Waals surface area contributed by atoms with Gasteiger partial charge in [0.25, 0.3) is 0 Å². The Labute approximate surface area is 145 Å². The molecule has 0 radical (unpaired) electrons. The molecule has 0 saturated heterocycles. The highest BCUT2D eigenvalue weighted by molar-refractivity contribution is 6.04. The maximum Gasteiger partial charge on any atom is 0.339 e. The van der Waals surface area contributed by atoms with Crippen molar-refractivity contribution in [2.75, 3.05) is 18.5 Å². The van der Waals surface area contributed by atoms with Crippen LogP contribution in [0.3, 0.4) is 0 Å². The molecule has 0 atom stereocenters. The van der Waals surface area contributed by atoms with Crippen LogP contribution in [-0.2, 0) is 4.74 Å². The summed E-state index contributed by atoms with van der Waals surface area (Å²) in [7, 11) is 0. The summed E-state index contributed by atoms with van der Waals surface area (Å²) < 4.78 is 5.37. The van der Waals surface area contributed by atoms with Gasteiger partial charge in [-0.05, 0) is 36.8 Å². The predicted octanol–water partition coefficient (Wildman–Crippen LogP) is 3.08. The first kappa shape index (κ1) is 16.4. The lowest BCUT2D eigenvalue weighted by molar-refractivity contribution is 0.0522. The number of carbonyl (C=O) groups excluding carboxylic acids is 1. The number of carbonyl (C=O) groups is 1. The van der Waals surface area contributed by atoms with Crippen LogP contribution in [0.1, 0.15) is 21.5 Å². The highest BCUT2D eigenvalue weighted by atomic mass is 16.5. The molecule has 124 valence electrons. The van der Waals surface area contributed by atoms with E-state index in [1.807, 2.05) is 25.1 Å². The number of nitrogens with zero attached hydrogens (tertiary/aromatic N) is 3. The molecule has 0 unspecified atom stereocenters. The van der Waals surface area contributed by atoms with Crippen LogP contribution in [0.25, 0.3) is 10.9 Å².